The summed E-state index contributed by atoms with van der Waals surface area (Å²) in [6.07, 6.45) is -0.445. The third kappa shape index (κ3) is 2.50. The predicted molar refractivity (Wildman–Crippen MR) is 62.8 cm³/mol. The average molecular weight is 260 g/mol. The molecule has 6 nitrogen and oxygen atoms in total. The van der Waals surface area contributed by atoms with Gasteiger partial charge in [-0.25, -0.2) is 0 Å². The van der Waals surface area contributed by atoms with Gasteiger partial charge in [0.15, 0.2) is 0 Å². The molecule has 0 aliphatic heterocycles. The molecule has 0 aliphatic carbocycles. The second-order valence-electron chi connectivity index (χ2n) is 4.65. The first-order valence-electron chi connectivity index (χ1n) is 5.58. The smallest absolute Gasteiger partial charge is 0.144 e. The van der Waals surface area contributed by atoms with Crippen molar-refractivity contribution in [3.05, 3.63) is 0 Å². The quantitative estimate of drug-likeness (QED) is 0.487. The van der Waals surface area contributed by atoms with Gasteiger partial charge < -0.3 is 15.3 Å². The van der Waals surface area contributed by atoms with E-state index in [1.165, 1.54) is 6.92 Å². The molecule has 0 aromatic carbocycles. The average Bonchev–Trinajstić information content (AvgIpc) is 2.28. The van der Waals surface area contributed by atoms with Crippen LogP contribution in [0.5, 0.6) is 0 Å². The molecule has 0 amide bonds. The molecule has 104 valence electrons. The summed E-state index contributed by atoms with van der Waals surface area (Å²) in [5, 5.41) is 28.2. The Labute approximate surface area is 106 Å². The Morgan fingerprint density at radius 3 is 1.33 bits per heavy atom. The molecule has 0 saturated carbocycles. The molecular formula is C12H20O6. The molecule has 0 saturated heterocycles. The highest BCUT2D eigenvalue weighted by Crippen LogP contribution is 2.44. The van der Waals surface area contributed by atoms with E-state index in [2.05, 4.69) is 0 Å². The van der Waals surface area contributed by atoms with E-state index in [9.17, 15) is 29.7 Å². The van der Waals surface area contributed by atoms with Gasteiger partial charge in [-0.3, -0.25) is 14.4 Å². The maximum atomic E-state index is 11.9. The molecule has 0 aromatic heterocycles. The normalized spacial score (nSPS) is 12.3. The first-order valence-corrected chi connectivity index (χ1v) is 5.58. The molecule has 0 bridgehead atoms. The maximum absolute atomic E-state index is 11.9. The second-order valence-corrected chi connectivity index (χ2v) is 4.65. The van der Waals surface area contributed by atoms with Crippen molar-refractivity contribution in [3.8, 4) is 0 Å². The van der Waals surface area contributed by atoms with Crippen LogP contribution >= 0.6 is 0 Å². The van der Waals surface area contributed by atoms with Crippen molar-refractivity contribution in [2.75, 3.05) is 19.8 Å². The minimum Gasteiger partial charge on any atom is -0.396 e. The summed E-state index contributed by atoms with van der Waals surface area (Å²) in [6, 6.07) is 0. The monoisotopic (exact) mass is 260 g/mol. The number of carbonyl (C=O) groups is 3. The van der Waals surface area contributed by atoms with Gasteiger partial charge in [0.25, 0.3) is 0 Å². The Bertz CT molecular complexity index is 320. The van der Waals surface area contributed by atoms with Crippen LogP contribution in [0.2, 0.25) is 0 Å². The van der Waals surface area contributed by atoms with E-state index in [1.807, 2.05) is 0 Å². The number of Topliss-reactive ketones (excluding diaryl/α,β-unsaturated/α-hetero) is 3. The van der Waals surface area contributed by atoms with Crippen molar-refractivity contribution in [2.45, 2.75) is 27.2 Å². The van der Waals surface area contributed by atoms with Crippen molar-refractivity contribution in [1.82, 2.24) is 0 Å². The highest BCUT2D eigenvalue weighted by molar-refractivity contribution is 6.08. The zero-order chi connectivity index (χ0) is 14.6. The van der Waals surface area contributed by atoms with E-state index >= 15 is 0 Å². The van der Waals surface area contributed by atoms with Crippen LogP contribution in [0.4, 0.5) is 0 Å². The molecule has 0 heterocycles. The van der Waals surface area contributed by atoms with Crippen LogP contribution in [0, 0.1) is 10.8 Å². The second kappa shape index (κ2) is 6.17. The summed E-state index contributed by atoms with van der Waals surface area (Å²) < 4.78 is 0. The number of hydrogen-bond donors (Lipinski definition) is 3. The van der Waals surface area contributed by atoms with Gasteiger partial charge >= 0.3 is 0 Å². The lowest BCUT2D eigenvalue weighted by molar-refractivity contribution is -0.164. The van der Waals surface area contributed by atoms with Gasteiger partial charge in [-0.2, -0.15) is 0 Å². The van der Waals surface area contributed by atoms with E-state index in [0.717, 1.165) is 13.8 Å². The third-order valence-electron chi connectivity index (χ3n) is 3.53. The number of rotatable bonds is 8. The van der Waals surface area contributed by atoms with E-state index in [1.54, 1.807) is 0 Å². The van der Waals surface area contributed by atoms with Crippen LogP contribution in [0.15, 0.2) is 0 Å². The standard InChI is InChI=1S/C12H20O6/c1-8(16)4-12(9(2)17,10(3)18)11(5-13,6-14)7-15/h13-15H,4-7H2,1-3H3. The van der Waals surface area contributed by atoms with Crippen LogP contribution in [0.3, 0.4) is 0 Å². The zero-order valence-corrected chi connectivity index (χ0v) is 10.9. The molecule has 6 heteroatoms. The SMILES string of the molecule is CC(=O)CC(C(C)=O)(C(C)=O)C(CO)(CO)CO. The molecule has 0 radical (unpaired) electrons. The molecular weight excluding hydrogens is 240 g/mol. The third-order valence-corrected chi connectivity index (χ3v) is 3.53. The molecule has 0 spiro atoms. The predicted octanol–water partition coefficient (Wildman–Crippen LogP) is -0.907. The fraction of sp³-hybridized carbons (Fsp3) is 0.750. The van der Waals surface area contributed by atoms with Crippen LogP contribution in [-0.4, -0.2) is 52.5 Å². The number of carbonyl (C=O) groups excluding carboxylic acids is 3. The fourth-order valence-electron chi connectivity index (χ4n) is 2.36. The minimum atomic E-state index is -1.89. The summed E-state index contributed by atoms with van der Waals surface area (Å²) in [5.41, 5.74) is -3.63. The minimum absolute atomic E-state index is 0.430. The topological polar surface area (TPSA) is 112 Å². The van der Waals surface area contributed by atoms with Crippen LogP contribution in [0.25, 0.3) is 0 Å². The largest absolute Gasteiger partial charge is 0.396 e. The first kappa shape index (κ1) is 16.9. The Kier molecular flexibility index (Phi) is 5.79. The van der Waals surface area contributed by atoms with E-state index in [-0.39, 0.29) is 0 Å². The number of ketones is 3. The summed E-state index contributed by atoms with van der Waals surface area (Å²) >= 11 is 0. The molecule has 0 fully saturated rings. The summed E-state index contributed by atoms with van der Waals surface area (Å²) in [6.45, 7) is 1.11. The van der Waals surface area contributed by atoms with Gasteiger partial charge in [0.1, 0.15) is 22.8 Å². The van der Waals surface area contributed by atoms with E-state index < -0.39 is 54.4 Å². The first-order chi connectivity index (χ1) is 8.24. The zero-order valence-electron chi connectivity index (χ0n) is 10.9. The van der Waals surface area contributed by atoms with E-state index in [4.69, 9.17) is 0 Å². The summed E-state index contributed by atoms with van der Waals surface area (Å²) in [4.78, 5) is 35.0. The fourth-order valence-corrected chi connectivity index (χ4v) is 2.36. The number of aliphatic hydroxyl groups is 3. The number of aliphatic hydroxyl groups excluding tert-OH is 3. The molecule has 0 aliphatic rings. The summed E-state index contributed by atoms with van der Waals surface area (Å²) in [7, 11) is 0. The lowest BCUT2D eigenvalue weighted by Gasteiger charge is -2.44. The molecule has 0 aromatic rings. The Balaban J connectivity index is 6.06. The van der Waals surface area contributed by atoms with Gasteiger partial charge in [-0.05, 0) is 20.8 Å². The van der Waals surface area contributed by atoms with Gasteiger partial charge in [-0.15, -0.1) is 0 Å². The van der Waals surface area contributed by atoms with Crippen LogP contribution in [-0.2, 0) is 14.4 Å². The molecule has 18 heavy (non-hydrogen) atoms. The van der Waals surface area contributed by atoms with Crippen molar-refractivity contribution < 1.29 is 29.7 Å². The molecule has 3 N–H and O–H groups in total. The Morgan fingerprint density at radius 1 is 0.833 bits per heavy atom. The molecule has 0 rings (SSSR count). The molecule has 0 unspecified atom stereocenters. The van der Waals surface area contributed by atoms with Crippen molar-refractivity contribution in [3.63, 3.8) is 0 Å². The van der Waals surface area contributed by atoms with Gasteiger partial charge in [0.2, 0.25) is 0 Å². The summed E-state index contributed by atoms with van der Waals surface area (Å²) in [5.74, 6) is -1.73. The Hall–Kier alpha value is -1.11. The maximum Gasteiger partial charge on any atom is 0.144 e. The lowest BCUT2D eigenvalue weighted by atomic mass is 9.58. The highest BCUT2D eigenvalue weighted by Gasteiger charge is 2.57. The van der Waals surface area contributed by atoms with Crippen molar-refractivity contribution >= 4 is 17.3 Å². The van der Waals surface area contributed by atoms with Crippen LogP contribution in [0.1, 0.15) is 27.2 Å². The molecule has 0 atom stereocenters. The van der Waals surface area contributed by atoms with Crippen LogP contribution < -0.4 is 0 Å². The van der Waals surface area contributed by atoms with Gasteiger partial charge in [0.05, 0.1) is 25.2 Å². The van der Waals surface area contributed by atoms with Gasteiger partial charge in [-0.1, -0.05) is 0 Å². The highest BCUT2D eigenvalue weighted by atomic mass is 16.3. The van der Waals surface area contributed by atoms with Crippen molar-refractivity contribution in [1.29, 1.82) is 0 Å². The van der Waals surface area contributed by atoms with Crippen molar-refractivity contribution in [2.24, 2.45) is 10.8 Å². The lowest BCUT2D eigenvalue weighted by Crippen LogP contribution is -2.58. The van der Waals surface area contributed by atoms with E-state index in [0.29, 0.717) is 0 Å². The Morgan fingerprint density at radius 2 is 1.17 bits per heavy atom. The van der Waals surface area contributed by atoms with Gasteiger partial charge in [0, 0.05) is 6.42 Å². The number of hydrogen-bond acceptors (Lipinski definition) is 6.